The summed E-state index contributed by atoms with van der Waals surface area (Å²) >= 11 is 0. The Morgan fingerprint density at radius 2 is 1.94 bits per heavy atom. The average molecular weight is 441 g/mol. The van der Waals surface area contributed by atoms with Crippen LogP contribution in [0, 0.1) is 12.7 Å². The zero-order chi connectivity index (χ0) is 22.5. The lowest BCUT2D eigenvalue weighted by Crippen LogP contribution is -2.34. The predicted octanol–water partition coefficient (Wildman–Crippen LogP) is 4.84. The van der Waals surface area contributed by atoms with Crippen LogP contribution in [-0.2, 0) is 0 Å². The minimum Gasteiger partial charge on any atom is -0.508 e. The molecule has 170 valence electrons. The third kappa shape index (κ3) is 4.85. The second kappa shape index (κ2) is 9.99. The summed E-state index contributed by atoms with van der Waals surface area (Å²) in [5.74, 6) is 1.06. The first-order valence-corrected chi connectivity index (χ1v) is 11.0. The number of halogens is 1. The van der Waals surface area contributed by atoms with Crippen LogP contribution in [0.1, 0.15) is 37.7 Å². The number of hydrogen-bond acceptors (Lipinski definition) is 7. The normalized spacial score (nSPS) is 14.5. The van der Waals surface area contributed by atoms with E-state index in [2.05, 4.69) is 20.6 Å². The quantitative estimate of drug-likeness (QED) is 0.432. The minimum atomic E-state index is -0.482. The van der Waals surface area contributed by atoms with Gasteiger partial charge in [0.2, 0.25) is 0 Å². The molecule has 2 aromatic carbocycles. The highest BCUT2D eigenvalue weighted by Gasteiger charge is 2.16. The van der Waals surface area contributed by atoms with Crippen molar-refractivity contribution in [2.24, 2.45) is 0 Å². The molecule has 1 aliphatic rings. The highest BCUT2D eigenvalue weighted by atomic mass is 19.1. The average Bonchev–Trinajstić information content (AvgIpc) is 2.82. The fraction of sp³-hybridized carbons (Fsp3) is 0.417. The zero-order valence-electron chi connectivity index (χ0n) is 18.4. The molecule has 0 atom stereocenters. The fourth-order valence-corrected chi connectivity index (χ4v) is 4.11. The number of hydrogen-bond donors (Lipinski definition) is 3. The van der Waals surface area contributed by atoms with E-state index in [4.69, 9.17) is 9.47 Å². The number of benzene rings is 2. The fourth-order valence-electron chi connectivity index (χ4n) is 4.11. The predicted molar refractivity (Wildman–Crippen MR) is 123 cm³/mol. The van der Waals surface area contributed by atoms with Crippen molar-refractivity contribution in [3.63, 3.8) is 0 Å². The smallest absolute Gasteiger partial charge is 0.163 e. The molecule has 0 saturated heterocycles. The summed E-state index contributed by atoms with van der Waals surface area (Å²) in [6.45, 7) is 2.92. The van der Waals surface area contributed by atoms with Crippen LogP contribution in [0.3, 0.4) is 0 Å². The maximum Gasteiger partial charge on any atom is 0.163 e. The molecular formula is C24H29FN4O3. The molecule has 0 aliphatic heterocycles. The van der Waals surface area contributed by atoms with Crippen LogP contribution in [0.4, 0.5) is 15.9 Å². The largest absolute Gasteiger partial charge is 0.508 e. The van der Waals surface area contributed by atoms with Crippen LogP contribution in [0.5, 0.6) is 17.2 Å². The van der Waals surface area contributed by atoms with Crippen molar-refractivity contribution in [1.29, 1.82) is 0 Å². The Morgan fingerprint density at radius 3 is 2.72 bits per heavy atom. The molecule has 0 radical (unpaired) electrons. The number of phenolic OH excluding ortho intramolecular Hbond substituents is 1. The number of nitrogens with one attached hydrogen (secondary N) is 2. The highest BCUT2D eigenvalue weighted by Crippen LogP contribution is 2.36. The lowest BCUT2D eigenvalue weighted by Gasteiger charge is -2.23. The van der Waals surface area contributed by atoms with E-state index in [1.807, 2.05) is 0 Å². The van der Waals surface area contributed by atoms with E-state index in [0.717, 1.165) is 6.54 Å². The van der Waals surface area contributed by atoms with Gasteiger partial charge in [-0.25, -0.2) is 14.4 Å². The Balaban J connectivity index is 1.53. The van der Waals surface area contributed by atoms with Crippen molar-refractivity contribution in [2.45, 2.75) is 45.1 Å². The van der Waals surface area contributed by atoms with E-state index in [9.17, 15) is 9.50 Å². The lowest BCUT2D eigenvalue weighted by molar-refractivity contribution is 0.276. The van der Waals surface area contributed by atoms with Crippen molar-refractivity contribution in [3.05, 3.63) is 42.0 Å². The van der Waals surface area contributed by atoms with Crippen molar-refractivity contribution in [3.8, 4) is 17.2 Å². The number of rotatable bonds is 8. The number of ether oxygens (including phenoxy) is 2. The van der Waals surface area contributed by atoms with Gasteiger partial charge in [-0.1, -0.05) is 19.3 Å². The molecule has 1 aliphatic carbocycles. The maximum atomic E-state index is 14.4. The van der Waals surface area contributed by atoms with Crippen LogP contribution in [0.2, 0.25) is 0 Å². The number of methoxy groups -OCH3 is 1. The van der Waals surface area contributed by atoms with Gasteiger partial charge in [-0.05, 0) is 38.0 Å². The Hall–Kier alpha value is -3.13. The monoisotopic (exact) mass is 440 g/mol. The van der Waals surface area contributed by atoms with Crippen molar-refractivity contribution in [1.82, 2.24) is 15.3 Å². The van der Waals surface area contributed by atoms with Gasteiger partial charge in [0.15, 0.2) is 11.5 Å². The molecule has 0 bridgehead atoms. The summed E-state index contributed by atoms with van der Waals surface area (Å²) in [4.78, 5) is 8.61. The maximum absolute atomic E-state index is 14.4. The molecule has 1 saturated carbocycles. The van der Waals surface area contributed by atoms with Crippen LogP contribution in [0.25, 0.3) is 10.9 Å². The van der Waals surface area contributed by atoms with E-state index in [1.54, 1.807) is 26.2 Å². The highest BCUT2D eigenvalue weighted by molar-refractivity contribution is 5.93. The molecule has 0 amide bonds. The molecule has 3 N–H and O–H groups in total. The standard InChI is InChI=1S/C24H29FN4O3/c1-15-20(30)9-8-18(25)23(15)29-24-17-12-21(31-2)22(13-19(17)27-14-28-24)32-11-10-26-16-6-4-3-5-7-16/h8-9,12-14,16,26,30H,3-7,10-11H2,1-2H3,(H,27,28,29). The topological polar surface area (TPSA) is 88.5 Å². The Labute approximate surface area is 187 Å². The Kier molecular flexibility index (Phi) is 6.90. The summed E-state index contributed by atoms with van der Waals surface area (Å²) < 4.78 is 25.9. The molecule has 7 nitrogen and oxygen atoms in total. The van der Waals surface area contributed by atoms with Crippen LogP contribution in [0.15, 0.2) is 30.6 Å². The number of aromatic nitrogens is 2. The van der Waals surface area contributed by atoms with Crippen LogP contribution < -0.4 is 20.1 Å². The summed E-state index contributed by atoms with van der Waals surface area (Å²) in [6, 6.07) is 6.68. The number of phenols is 1. The third-order valence-electron chi connectivity index (χ3n) is 5.95. The molecule has 32 heavy (non-hydrogen) atoms. The molecule has 1 fully saturated rings. The molecule has 1 heterocycles. The molecule has 1 aromatic heterocycles. The second-order valence-corrected chi connectivity index (χ2v) is 8.07. The molecule has 3 aromatic rings. The summed E-state index contributed by atoms with van der Waals surface area (Å²) in [5, 5.41) is 17.1. The molecule has 0 unspecified atom stereocenters. The van der Waals surface area contributed by atoms with Crippen molar-refractivity contribution >= 4 is 22.4 Å². The zero-order valence-corrected chi connectivity index (χ0v) is 18.4. The number of aromatic hydroxyl groups is 1. The molecule has 0 spiro atoms. The van der Waals surface area contributed by atoms with Gasteiger partial charge in [0.05, 0.1) is 18.3 Å². The third-order valence-corrected chi connectivity index (χ3v) is 5.95. The summed E-state index contributed by atoms with van der Waals surface area (Å²) in [6.07, 6.45) is 7.77. The number of fused-ring (bicyclic) bond motifs is 1. The van der Waals surface area contributed by atoms with Gasteiger partial charge in [-0.3, -0.25) is 0 Å². The van der Waals surface area contributed by atoms with E-state index in [1.165, 1.54) is 50.6 Å². The molecular weight excluding hydrogens is 411 g/mol. The van der Waals surface area contributed by atoms with E-state index < -0.39 is 5.82 Å². The van der Waals surface area contributed by atoms with E-state index in [-0.39, 0.29) is 11.4 Å². The van der Waals surface area contributed by atoms with Gasteiger partial charge in [-0.15, -0.1) is 0 Å². The van der Waals surface area contributed by atoms with Gasteiger partial charge >= 0.3 is 0 Å². The van der Waals surface area contributed by atoms with E-state index >= 15 is 0 Å². The summed E-state index contributed by atoms with van der Waals surface area (Å²) in [7, 11) is 1.57. The van der Waals surface area contributed by atoms with Gasteiger partial charge in [0.1, 0.15) is 30.3 Å². The van der Waals surface area contributed by atoms with Gasteiger partial charge < -0.3 is 25.2 Å². The Bertz CT molecular complexity index is 1090. The lowest BCUT2D eigenvalue weighted by atomic mass is 9.96. The first-order chi connectivity index (χ1) is 15.6. The van der Waals surface area contributed by atoms with Crippen LogP contribution >= 0.6 is 0 Å². The van der Waals surface area contributed by atoms with Crippen LogP contribution in [-0.4, -0.2) is 41.4 Å². The number of anilines is 2. The SMILES string of the molecule is COc1cc2c(Nc3c(F)ccc(O)c3C)ncnc2cc1OCCNC1CCCCC1. The van der Waals surface area contributed by atoms with Crippen molar-refractivity contribution in [2.75, 3.05) is 25.6 Å². The molecule has 4 rings (SSSR count). The van der Waals surface area contributed by atoms with Crippen molar-refractivity contribution < 1.29 is 19.0 Å². The minimum absolute atomic E-state index is 0.00219. The first-order valence-electron chi connectivity index (χ1n) is 11.0. The Morgan fingerprint density at radius 1 is 1.12 bits per heavy atom. The first kappa shape index (κ1) is 22.1. The van der Waals surface area contributed by atoms with E-state index in [0.29, 0.717) is 46.4 Å². The number of nitrogens with zero attached hydrogens (tertiary/aromatic N) is 2. The van der Waals surface area contributed by atoms with Gasteiger partial charge in [0, 0.05) is 29.6 Å². The van der Waals surface area contributed by atoms with Gasteiger partial charge in [-0.2, -0.15) is 0 Å². The second-order valence-electron chi connectivity index (χ2n) is 8.07. The summed E-state index contributed by atoms with van der Waals surface area (Å²) in [5.41, 5.74) is 1.20. The molecule has 8 heteroatoms. The van der Waals surface area contributed by atoms with Gasteiger partial charge in [0.25, 0.3) is 0 Å².